The summed E-state index contributed by atoms with van der Waals surface area (Å²) in [6.07, 6.45) is 1.52. The van der Waals surface area contributed by atoms with Gasteiger partial charge in [0.15, 0.2) is 0 Å². The van der Waals surface area contributed by atoms with Crippen molar-refractivity contribution in [3.8, 4) is 0 Å². The van der Waals surface area contributed by atoms with Crippen LogP contribution in [0.25, 0.3) is 0 Å². The molecule has 1 saturated carbocycles. The zero-order valence-electron chi connectivity index (χ0n) is 16.1. The molecule has 0 radical (unpaired) electrons. The third-order valence-corrected chi connectivity index (χ3v) is 5.73. The molecule has 3 atom stereocenters. The summed E-state index contributed by atoms with van der Waals surface area (Å²) in [5, 5.41) is 3.05. The Morgan fingerprint density at radius 1 is 1.04 bits per heavy atom. The second kappa shape index (κ2) is 6.84. The molecule has 140 valence electrons. The molecular formula is C23H26N2O2. The van der Waals surface area contributed by atoms with Crippen LogP contribution in [-0.2, 0) is 16.0 Å². The summed E-state index contributed by atoms with van der Waals surface area (Å²) in [5.41, 5.74) is 4.20. The molecule has 2 aromatic rings. The van der Waals surface area contributed by atoms with Gasteiger partial charge in [-0.3, -0.25) is 9.59 Å². The van der Waals surface area contributed by atoms with E-state index < -0.39 is 0 Å². The summed E-state index contributed by atoms with van der Waals surface area (Å²) < 4.78 is 0. The fourth-order valence-corrected chi connectivity index (χ4v) is 4.18. The quantitative estimate of drug-likeness (QED) is 0.878. The topological polar surface area (TPSA) is 49.4 Å². The molecule has 0 saturated heterocycles. The number of rotatable bonds is 4. The summed E-state index contributed by atoms with van der Waals surface area (Å²) in [5.74, 6) is -0.0473. The number of para-hydroxylation sites is 2. The average Bonchev–Trinajstić information content (AvgIpc) is 3.38. The van der Waals surface area contributed by atoms with Crippen LogP contribution in [-0.4, -0.2) is 17.9 Å². The van der Waals surface area contributed by atoms with Crippen molar-refractivity contribution >= 4 is 23.2 Å². The maximum atomic E-state index is 13.1. The second-order valence-electron chi connectivity index (χ2n) is 8.07. The molecule has 1 aliphatic carbocycles. The Kier molecular flexibility index (Phi) is 4.50. The number of anilines is 2. The smallest absolute Gasteiger partial charge is 0.231 e. The van der Waals surface area contributed by atoms with E-state index in [1.54, 1.807) is 0 Å². The first-order chi connectivity index (χ1) is 13.0. The van der Waals surface area contributed by atoms with E-state index in [-0.39, 0.29) is 29.7 Å². The van der Waals surface area contributed by atoms with Gasteiger partial charge in [-0.05, 0) is 48.9 Å². The number of fused-ring (bicyclic) bond motifs is 1. The Morgan fingerprint density at radius 3 is 2.52 bits per heavy atom. The lowest BCUT2D eigenvalue weighted by Crippen LogP contribution is -2.37. The van der Waals surface area contributed by atoms with Crippen molar-refractivity contribution in [2.75, 3.05) is 10.2 Å². The summed E-state index contributed by atoms with van der Waals surface area (Å²) >= 11 is 0. The van der Waals surface area contributed by atoms with Crippen LogP contribution < -0.4 is 10.2 Å². The largest absolute Gasteiger partial charge is 0.326 e. The number of carbonyl (C=O) groups excluding carboxylic acids is 2. The molecule has 0 spiro atoms. The van der Waals surface area contributed by atoms with E-state index in [0.29, 0.717) is 12.3 Å². The molecule has 2 aliphatic rings. The molecule has 4 nitrogen and oxygen atoms in total. The van der Waals surface area contributed by atoms with Crippen molar-refractivity contribution < 1.29 is 9.59 Å². The van der Waals surface area contributed by atoms with Crippen LogP contribution in [0, 0.1) is 11.8 Å². The van der Waals surface area contributed by atoms with Gasteiger partial charge in [-0.2, -0.15) is 0 Å². The van der Waals surface area contributed by atoms with Gasteiger partial charge in [-0.25, -0.2) is 0 Å². The summed E-state index contributed by atoms with van der Waals surface area (Å²) in [6, 6.07) is 16.1. The Bertz CT molecular complexity index is 889. The lowest BCUT2D eigenvalue weighted by Gasteiger charge is -2.23. The highest BCUT2D eigenvalue weighted by Crippen LogP contribution is 2.44. The standard InChI is InChI=1S/C23H26N2O2/c1-14(2)17-9-5-6-10-20(17)24-22(26)18-13-19(18)23(27)25-15(3)12-16-8-4-7-11-21(16)25/h4-11,14-15,18-19H,12-13H2,1-3H3,(H,24,26). The Balaban J connectivity index is 1.45. The number of carbonyl (C=O) groups is 2. The Hall–Kier alpha value is -2.62. The third-order valence-electron chi connectivity index (χ3n) is 5.73. The van der Waals surface area contributed by atoms with Crippen LogP contribution in [0.3, 0.4) is 0 Å². The molecule has 3 unspecified atom stereocenters. The van der Waals surface area contributed by atoms with E-state index in [0.717, 1.165) is 23.4 Å². The number of hydrogen-bond acceptors (Lipinski definition) is 2. The third kappa shape index (κ3) is 3.25. The SMILES string of the molecule is CC(C)c1ccccc1NC(=O)C1CC1C(=O)N1c2ccccc2CC1C. The molecule has 4 heteroatoms. The van der Waals surface area contributed by atoms with Gasteiger partial charge in [0.2, 0.25) is 11.8 Å². The van der Waals surface area contributed by atoms with E-state index >= 15 is 0 Å². The Labute approximate surface area is 160 Å². The molecule has 1 aliphatic heterocycles. The van der Waals surface area contributed by atoms with Crippen LogP contribution in [0.15, 0.2) is 48.5 Å². The van der Waals surface area contributed by atoms with E-state index in [1.807, 2.05) is 47.4 Å². The van der Waals surface area contributed by atoms with Crippen molar-refractivity contribution in [1.82, 2.24) is 0 Å². The first-order valence-electron chi connectivity index (χ1n) is 9.78. The fraction of sp³-hybridized carbons (Fsp3) is 0.391. The maximum absolute atomic E-state index is 13.1. The van der Waals surface area contributed by atoms with Crippen molar-refractivity contribution in [2.24, 2.45) is 11.8 Å². The molecule has 27 heavy (non-hydrogen) atoms. The van der Waals surface area contributed by atoms with Crippen LogP contribution >= 0.6 is 0 Å². The van der Waals surface area contributed by atoms with E-state index in [4.69, 9.17) is 0 Å². The predicted molar refractivity (Wildman–Crippen MR) is 108 cm³/mol. The van der Waals surface area contributed by atoms with Crippen LogP contribution in [0.5, 0.6) is 0 Å². The average molecular weight is 362 g/mol. The second-order valence-corrected chi connectivity index (χ2v) is 8.07. The van der Waals surface area contributed by atoms with Crippen LogP contribution in [0.4, 0.5) is 11.4 Å². The first-order valence-corrected chi connectivity index (χ1v) is 9.78. The van der Waals surface area contributed by atoms with E-state index in [9.17, 15) is 9.59 Å². The number of nitrogens with one attached hydrogen (secondary N) is 1. The predicted octanol–water partition coefficient (Wildman–Crippen LogP) is 4.36. The van der Waals surface area contributed by atoms with Crippen molar-refractivity contribution in [1.29, 1.82) is 0 Å². The summed E-state index contributed by atoms with van der Waals surface area (Å²) in [6.45, 7) is 6.30. The molecular weight excluding hydrogens is 336 g/mol. The number of amides is 2. The van der Waals surface area contributed by atoms with Gasteiger partial charge >= 0.3 is 0 Å². The lowest BCUT2D eigenvalue weighted by atomic mass is 10.0. The minimum atomic E-state index is -0.224. The Morgan fingerprint density at radius 2 is 1.74 bits per heavy atom. The van der Waals surface area contributed by atoms with Crippen LogP contribution in [0.1, 0.15) is 44.2 Å². The minimum Gasteiger partial charge on any atom is -0.326 e. The summed E-state index contributed by atoms with van der Waals surface area (Å²) in [7, 11) is 0. The highest BCUT2D eigenvalue weighted by Gasteiger charge is 2.51. The molecule has 2 amide bonds. The first kappa shape index (κ1) is 17.8. The summed E-state index contributed by atoms with van der Waals surface area (Å²) in [4.78, 5) is 27.7. The van der Waals surface area contributed by atoms with Gasteiger partial charge in [-0.15, -0.1) is 0 Å². The highest BCUT2D eigenvalue weighted by molar-refractivity contribution is 6.05. The molecule has 2 aromatic carbocycles. The van der Waals surface area contributed by atoms with E-state index in [2.05, 4.69) is 32.2 Å². The molecule has 4 rings (SSSR count). The monoisotopic (exact) mass is 362 g/mol. The van der Waals surface area contributed by atoms with Crippen molar-refractivity contribution in [3.63, 3.8) is 0 Å². The normalized spacial score (nSPS) is 23.3. The molecule has 1 N–H and O–H groups in total. The number of benzene rings is 2. The highest BCUT2D eigenvalue weighted by atomic mass is 16.2. The van der Waals surface area contributed by atoms with Crippen molar-refractivity contribution in [2.45, 2.75) is 45.6 Å². The zero-order valence-corrected chi connectivity index (χ0v) is 16.1. The fourth-order valence-electron chi connectivity index (χ4n) is 4.18. The van der Waals surface area contributed by atoms with Gasteiger partial charge < -0.3 is 10.2 Å². The van der Waals surface area contributed by atoms with Crippen LogP contribution in [0.2, 0.25) is 0 Å². The number of hydrogen-bond donors (Lipinski definition) is 1. The zero-order chi connectivity index (χ0) is 19.1. The van der Waals surface area contributed by atoms with Gasteiger partial charge in [0.25, 0.3) is 0 Å². The molecule has 1 fully saturated rings. The lowest BCUT2D eigenvalue weighted by molar-refractivity contribution is -0.123. The van der Waals surface area contributed by atoms with Gasteiger partial charge in [0, 0.05) is 17.4 Å². The minimum absolute atomic E-state index is 0.0402. The van der Waals surface area contributed by atoms with E-state index in [1.165, 1.54) is 5.56 Å². The molecule has 1 heterocycles. The number of nitrogens with zero attached hydrogens (tertiary/aromatic N) is 1. The van der Waals surface area contributed by atoms with Gasteiger partial charge in [0.05, 0.1) is 11.8 Å². The van der Waals surface area contributed by atoms with Crippen molar-refractivity contribution in [3.05, 3.63) is 59.7 Å². The van der Waals surface area contributed by atoms with Gasteiger partial charge in [0.1, 0.15) is 0 Å². The maximum Gasteiger partial charge on any atom is 0.231 e. The molecule has 0 bridgehead atoms. The van der Waals surface area contributed by atoms with Gasteiger partial charge in [-0.1, -0.05) is 50.2 Å². The molecule has 0 aromatic heterocycles.